The van der Waals surface area contributed by atoms with Gasteiger partial charge in [-0.25, -0.2) is 4.68 Å². The predicted molar refractivity (Wildman–Crippen MR) is 85.9 cm³/mol. The molecule has 23 heavy (non-hydrogen) atoms. The first kappa shape index (κ1) is 17.7. The van der Waals surface area contributed by atoms with E-state index in [1.807, 2.05) is 13.8 Å². The van der Waals surface area contributed by atoms with Crippen LogP contribution in [0.15, 0.2) is 34.3 Å². The summed E-state index contributed by atoms with van der Waals surface area (Å²) in [5, 5.41) is 14.6. The van der Waals surface area contributed by atoms with E-state index in [1.54, 1.807) is 28.9 Å². The Hall–Kier alpha value is -1.68. The van der Waals surface area contributed by atoms with Crippen LogP contribution in [0, 0.1) is 0 Å². The summed E-state index contributed by atoms with van der Waals surface area (Å²) in [7, 11) is 0. The zero-order chi connectivity index (χ0) is 16.8. The Labute approximate surface area is 140 Å². The maximum atomic E-state index is 12.2. The maximum Gasteiger partial charge on any atom is 0.288 e. The van der Waals surface area contributed by atoms with Crippen LogP contribution in [0.2, 0.25) is 0 Å². The third-order valence-corrected chi connectivity index (χ3v) is 4.30. The Morgan fingerprint density at radius 2 is 2.00 bits per heavy atom. The van der Waals surface area contributed by atoms with Gasteiger partial charge < -0.3 is 5.32 Å². The Bertz CT molecular complexity index is 648. The lowest BCUT2D eigenvalue weighted by atomic mass is 10.3. The molecular weight excluding hydrogens is 344 g/mol. The van der Waals surface area contributed by atoms with Crippen LogP contribution in [0.4, 0.5) is 14.5 Å². The first-order valence-corrected chi connectivity index (χ1v) is 8.57. The van der Waals surface area contributed by atoms with Gasteiger partial charge in [-0.05, 0) is 48.5 Å². The summed E-state index contributed by atoms with van der Waals surface area (Å²) in [6, 6.07) is 6.37. The summed E-state index contributed by atoms with van der Waals surface area (Å²) >= 11 is 1.70. The van der Waals surface area contributed by atoms with Crippen molar-refractivity contribution in [1.29, 1.82) is 0 Å². The smallest absolute Gasteiger partial charge is 0.288 e. The standard InChI is InChI=1S/C13H15F2N5OS2/c1-8(2)20-13(17-18-19-20)22-7-11(21)16-9-3-5-10(6-4-9)23-12(14)15/h3-6,8,12H,7H2,1-2H3,(H,16,21). The van der Waals surface area contributed by atoms with Crippen LogP contribution in [0.5, 0.6) is 0 Å². The summed E-state index contributed by atoms with van der Waals surface area (Å²) in [5.74, 6) is -2.53. The molecule has 0 spiro atoms. The molecule has 0 bridgehead atoms. The first-order chi connectivity index (χ1) is 11.0. The molecule has 2 aromatic rings. The molecule has 0 aliphatic heterocycles. The van der Waals surface area contributed by atoms with E-state index in [9.17, 15) is 13.6 Å². The Kier molecular flexibility index (Phi) is 6.34. The molecule has 1 N–H and O–H groups in total. The number of hydrogen-bond acceptors (Lipinski definition) is 6. The van der Waals surface area contributed by atoms with Crippen molar-refractivity contribution in [1.82, 2.24) is 20.2 Å². The number of benzene rings is 1. The van der Waals surface area contributed by atoms with Crippen molar-refractivity contribution in [3.05, 3.63) is 24.3 Å². The summed E-state index contributed by atoms with van der Waals surface area (Å²) in [6.45, 7) is 3.89. The molecule has 1 aromatic heterocycles. The lowest BCUT2D eigenvalue weighted by Crippen LogP contribution is -2.15. The molecule has 0 aliphatic carbocycles. The van der Waals surface area contributed by atoms with Gasteiger partial charge in [-0.15, -0.1) is 5.10 Å². The largest absolute Gasteiger partial charge is 0.325 e. The molecule has 1 amide bonds. The number of nitrogens with one attached hydrogen (secondary N) is 1. The molecule has 0 unspecified atom stereocenters. The number of aromatic nitrogens is 4. The van der Waals surface area contributed by atoms with E-state index in [2.05, 4.69) is 20.8 Å². The topological polar surface area (TPSA) is 72.7 Å². The highest BCUT2D eigenvalue weighted by Crippen LogP contribution is 2.26. The van der Waals surface area contributed by atoms with Crippen LogP contribution in [-0.2, 0) is 4.79 Å². The molecule has 0 atom stereocenters. The minimum atomic E-state index is -2.46. The highest BCUT2D eigenvalue weighted by atomic mass is 32.2. The number of rotatable bonds is 7. The van der Waals surface area contributed by atoms with Gasteiger partial charge in [0.1, 0.15) is 0 Å². The molecule has 10 heteroatoms. The van der Waals surface area contributed by atoms with Crippen molar-refractivity contribution in [2.45, 2.75) is 35.7 Å². The van der Waals surface area contributed by atoms with Gasteiger partial charge in [0.15, 0.2) is 0 Å². The number of anilines is 1. The van der Waals surface area contributed by atoms with Crippen molar-refractivity contribution in [2.24, 2.45) is 0 Å². The van der Waals surface area contributed by atoms with E-state index in [0.29, 0.717) is 27.5 Å². The van der Waals surface area contributed by atoms with Gasteiger partial charge in [0.25, 0.3) is 5.76 Å². The van der Waals surface area contributed by atoms with Crippen molar-refractivity contribution in [3.63, 3.8) is 0 Å². The molecule has 0 saturated carbocycles. The Morgan fingerprint density at radius 1 is 1.30 bits per heavy atom. The number of carbonyl (C=O) groups is 1. The van der Waals surface area contributed by atoms with Crippen molar-refractivity contribution in [2.75, 3.05) is 11.1 Å². The summed E-state index contributed by atoms with van der Waals surface area (Å²) in [5.41, 5.74) is 0.553. The normalized spacial score (nSPS) is 11.2. The quantitative estimate of drug-likeness (QED) is 0.765. The lowest BCUT2D eigenvalue weighted by molar-refractivity contribution is -0.113. The van der Waals surface area contributed by atoms with Gasteiger partial charge in [0.2, 0.25) is 11.1 Å². The van der Waals surface area contributed by atoms with E-state index in [1.165, 1.54) is 11.8 Å². The minimum absolute atomic E-state index is 0.107. The number of tetrazole rings is 1. The van der Waals surface area contributed by atoms with Crippen molar-refractivity contribution in [3.8, 4) is 0 Å². The highest BCUT2D eigenvalue weighted by molar-refractivity contribution is 8.00. The molecule has 124 valence electrons. The van der Waals surface area contributed by atoms with Gasteiger partial charge in [-0.3, -0.25) is 4.79 Å². The van der Waals surface area contributed by atoms with Crippen LogP contribution < -0.4 is 5.32 Å². The van der Waals surface area contributed by atoms with E-state index < -0.39 is 5.76 Å². The number of thioether (sulfide) groups is 2. The molecule has 1 heterocycles. The molecule has 6 nitrogen and oxygen atoms in total. The van der Waals surface area contributed by atoms with Gasteiger partial charge >= 0.3 is 0 Å². The maximum absolute atomic E-state index is 12.2. The van der Waals surface area contributed by atoms with E-state index in [0.717, 1.165) is 0 Å². The number of carbonyl (C=O) groups excluding carboxylic acids is 1. The fourth-order valence-electron chi connectivity index (χ4n) is 1.65. The van der Waals surface area contributed by atoms with Gasteiger partial charge in [-0.2, -0.15) is 8.78 Å². The summed E-state index contributed by atoms with van der Waals surface area (Å²) in [4.78, 5) is 12.4. The molecule has 0 fully saturated rings. The fraction of sp³-hybridized carbons (Fsp3) is 0.385. The zero-order valence-corrected chi connectivity index (χ0v) is 14.1. The summed E-state index contributed by atoms with van der Waals surface area (Å²) < 4.78 is 26.1. The third-order valence-electron chi connectivity index (χ3n) is 2.65. The van der Waals surface area contributed by atoms with Crippen LogP contribution in [0.25, 0.3) is 0 Å². The SMILES string of the molecule is CC(C)n1nnnc1SCC(=O)Nc1ccc(SC(F)F)cc1. The van der Waals surface area contributed by atoms with E-state index in [4.69, 9.17) is 0 Å². The average Bonchev–Trinajstić information content (AvgIpc) is 2.95. The molecular formula is C13H15F2N5OS2. The first-order valence-electron chi connectivity index (χ1n) is 6.71. The van der Waals surface area contributed by atoms with Crippen LogP contribution in [-0.4, -0.2) is 37.6 Å². The monoisotopic (exact) mass is 359 g/mol. The van der Waals surface area contributed by atoms with Crippen LogP contribution in [0.3, 0.4) is 0 Å². The molecule has 0 saturated heterocycles. The van der Waals surface area contributed by atoms with Crippen molar-refractivity contribution < 1.29 is 13.6 Å². The van der Waals surface area contributed by atoms with Crippen molar-refractivity contribution >= 4 is 35.1 Å². The zero-order valence-electron chi connectivity index (χ0n) is 12.4. The third kappa shape index (κ3) is 5.47. The second-order valence-electron chi connectivity index (χ2n) is 4.74. The number of alkyl halides is 2. The Morgan fingerprint density at radius 3 is 2.61 bits per heavy atom. The van der Waals surface area contributed by atoms with Gasteiger partial charge in [-0.1, -0.05) is 23.5 Å². The molecule has 0 aliphatic rings. The van der Waals surface area contributed by atoms with Crippen LogP contribution >= 0.6 is 23.5 Å². The van der Waals surface area contributed by atoms with Gasteiger partial charge in [0.05, 0.1) is 11.8 Å². The summed E-state index contributed by atoms with van der Waals surface area (Å²) in [6.07, 6.45) is 0. The fourth-order valence-corrected chi connectivity index (χ4v) is 2.96. The van der Waals surface area contributed by atoms with E-state index in [-0.39, 0.29) is 17.7 Å². The number of hydrogen-bond donors (Lipinski definition) is 1. The average molecular weight is 359 g/mol. The minimum Gasteiger partial charge on any atom is -0.325 e. The van der Waals surface area contributed by atoms with Gasteiger partial charge in [0, 0.05) is 10.6 Å². The highest BCUT2D eigenvalue weighted by Gasteiger charge is 2.12. The number of halogens is 2. The second-order valence-corrected chi connectivity index (χ2v) is 6.75. The molecule has 2 rings (SSSR count). The predicted octanol–water partition coefficient (Wildman–Crippen LogP) is 3.30. The van der Waals surface area contributed by atoms with E-state index >= 15 is 0 Å². The molecule has 1 aromatic carbocycles. The molecule has 0 radical (unpaired) electrons. The number of nitrogens with zero attached hydrogens (tertiary/aromatic N) is 4. The Balaban J connectivity index is 1.86. The number of amides is 1. The van der Waals surface area contributed by atoms with Crippen LogP contribution in [0.1, 0.15) is 19.9 Å². The second kappa shape index (κ2) is 8.25. The lowest BCUT2D eigenvalue weighted by Gasteiger charge is -2.08.